The predicted molar refractivity (Wildman–Crippen MR) is 122 cm³/mol. The Kier molecular flexibility index (Phi) is 8.90. The van der Waals surface area contributed by atoms with Gasteiger partial charge in [0.15, 0.2) is 0 Å². The standard InChI is InChI=1S/C24H36N4O4/c1-7-26(15-18(2)14-25)22(29)17-27-12-13-28(23(30)32-24(3,4)5)16-20(27)19-10-8-9-11-21(19)31-6/h8-11,18,20H,7,12-13,15-17H2,1-6H3/t18-,20+/m1/s1. The molecule has 8 nitrogen and oxygen atoms in total. The van der Waals surface area contributed by atoms with Crippen molar-refractivity contribution in [2.24, 2.45) is 5.92 Å². The van der Waals surface area contributed by atoms with Gasteiger partial charge in [-0.25, -0.2) is 4.79 Å². The number of hydrogen-bond acceptors (Lipinski definition) is 6. The van der Waals surface area contributed by atoms with Crippen molar-refractivity contribution in [2.75, 3.05) is 46.4 Å². The number of ether oxygens (including phenoxy) is 2. The topological polar surface area (TPSA) is 86.1 Å². The van der Waals surface area contributed by atoms with Gasteiger partial charge < -0.3 is 19.3 Å². The van der Waals surface area contributed by atoms with Crippen LogP contribution in [0.4, 0.5) is 4.79 Å². The SMILES string of the molecule is CCN(C[C@H](C)C#N)C(=O)CN1CCN(C(=O)OC(C)(C)C)C[C@H]1c1ccccc1OC. The molecule has 8 heteroatoms. The van der Waals surface area contributed by atoms with Crippen molar-refractivity contribution in [3.05, 3.63) is 29.8 Å². The summed E-state index contributed by atoms with van der Waals surface area (Å²) >= 11 is 0. The van der Waals surface area contributed by atoms with Gasteiger partial charge in [0.25, 0.3) is 0 Å². The fourth-order valence-electron chi connectivity index (χ4n) is 3.79. The summed E-state index contributed by atoms with van der Waals surface area (Å²) in [5, 5.41) is 9.13. The number of nitriles is 1. The van der Waals surface area contributed by atoms with Gasteiger partial charge in [0.1, 0.15) is 11.4 Å². The lowest BCUT2D eigenvalue weighted by Crippen LogP contribution is -2.54. The summed E-state index contributed by atoms with van der Waals surface area (Å²) in [5.74, 6) is 0.458. The first kappa shape index (κ1) is 25.5. The van der Waals surface area contributed by atoms with E-state index >= 15 is 0 Å². The average Bonchev–Trinajstić information content (AvgIpc) is 2.76. The number of rotatable bonds is 7. The zero-order valence-electron chi connectivity index (χ0n) is 20.1. The Morgan fingerprint density at radius 1 is 1.28 bits per heavy atom. The summed E-state index contributed by atoms with van der Waals surface area (Å²) in [5.41, 5.74) is 0.341. The number of para-hydroxylation sites is 1. The van der Waals surface area contributed by atoms with Crippen LogP contribution in [0.3, 0.4) is 0 Å². The summed E-state index contributed by atoms with van der Waals surface area (Å²) in [6.07, 6.45) is -0.360. The Balaban J connectivity index is 2.26. The summed E-state index contributed by atoms with van der Waals surface area (Å²) in [6, 6.07) is 9.65. The number of carbonyl (C=O) groups excluding carboxylic acids is 2. The maximum absolute atomic E-state index is 13.1. The van der Waals surface area contributed by atoms with Crippen LogP contribution >= 0.6 is 0 Å². The van der Waals surface area contributed by atoms with E-state index < -0.39 is 5.60 Å². The molecule has 2 amide bonds. The highest BCUT2D eigenvalue weighted by atomic mass is 16.6. The zero-order chi connectivity index (χ0) is 23.9. The molecule has 1 aliphatic rings. The molecule has 2 atom stereocenters. The van der Waals surface area contributed by atoms with E-state index in [1.807, 2.05) is 58.9 Å². The molecule has 1 heterocycles. The lowest BCUT2D eigenvalue weighted by Gasteiger charge is -2.42. The van der Waals surface area contributed by atoms with E-state index in [9.17, 15) is 9.59 Å². The normalized spacial score (nSPS) is 17.9. The first-order valence-electron chi connectivity index (χ1n) is 11.1. The molecule has 2 rings (SSSR count). The second kappa shape index (κ2) is 11.2. The number of amides is 2. The molecule has 1 aromatic carbocycles. The Morgan fingerprint density at radius 2 is 1.97 bits per heavy atom. The summed E-state index contributed by atoms with van der Waals surface area (Å²) in [7, 11) is 1.62. The second-order valence-corrected chi connectivity index (χ2v) is 9.12. The predicted octanol–water partition coefficient (Wildman–Crippen LogP) is 3.30. The van der Waals surface area contributed by atoms with Crippen LogP contribution in [0.1, 0.15) is 46.2 Å². The summed E-state index contributed by atoms with van der Waals surface area (Å²) in [4.78, 5) is 31.3. The fraction of sp³-hybridized carbons (Fsp3) is 0.625. The van der Waals surface area contributed by atoms with Gasteiger partial charge in [0.05, 0.1) is 31.7 Å². The number of hydrogen-bond donors (Lipinski definition) is 0. The van der Waals surface area contributed by atoms with Gasteiger partial charge in [-0.15, -0.1) is 0 Å². The maximum Gasteiger partial charge on any atom is 0.410 e. The van der Waals surface area contributed by atoms with E-state index in [0.717, 1.165) is 5.56 Å². The lowest BCUT2D eigenvalue weighted by molar-refractivity contribution is -0.133. The number of nitrogens with zero attached hydrogens (tertiary/aromatic N) is 4. The molecule has 0 aliphatic carbocycles. The lowest BCUT2D eigenvalue weighted by atomic mass is 10.0. The van der Waals surface area contributed by atoms with E-state index in [1.54, 1.807) is 16.9 Å². The van der Waals surface area contributed by atoms with Crippen molar-refractivity contribution in [1.29, 1.82) is 5.26 Å². The highest BCUT2D eigenvalue weighted by Crippen LogP contribution is 2.32. The van der Waals surface area contributed by atoms with E-state index in [2.05, 4.69) is 11.0 Å². The van der Waals surface area contributed by atoms with Crippen molar-refractivity contribution < 1.29 is 19.1 Å². The van der Waals surface area contributed by atoms with E-state index in [1.165, 1.54) is 0 Å². The van der Waals surface area contributed by atoms with Crippen LogP contribution in [-0.2, 0) is 9.53 Å². The van der Waals surface area contributed by atoms with Gasteiger partial charge in [-0.2, -0.15) is 5.26 Å². The van der Waals surface area contributed by atoms with Crippen LogP contribution < -0.4 is 4.74 Å². The molecule has 0 unspecified atom stereocenters. The van der Waals surface area contributed by atoms with Crippen molar-refractivity contribution in [2.45, 2.75) is 46.3 Å². The highest BCUT2D eigenvalue weighted by molar-refractivity contribution is 5.78. The van der Waals surface area contributed by atoms with Crippen molar-refractivity contribution >= 4 is 12.0 Å². The van der Waals surface area contributed by atoms with E-state index in [0.29, 0.717) is 38.5 Å². The number of likely N-dealkylation sites (N-methyl/N-ethyl adjacent to an activating group) is 1. The molecule has 1 aliphatic heterocycles. The van der Waals surface area contributed by atoms with Crippen LogP contribution in [0.2, 0.25) is 0 Å². The molecule has 0 N–H and O–H groups in total. The van der Waals surface area contributed by atoms with E-state index in [-0.39, 0.29) is 30.5 Å². The molecule has 1 aromatic rings. The molecule has 0 aromatic heterocycles. The van der Waals surface area contributed by atoms with Crippen molar-refractivity contribution in [3.63, 3.8) is 0 Å². The van der Waals surface area contributed by atoms with Crippen molar-refractivity contribution in [3.8, 4) is 11.8 Å². The summed E-state index contributed by atoms with van der Waals surface area (Å²) < 4.78 is 11.1. The molecule has 0 saturated carbocycles. The zero-order valence-corrected chi connectivity index (χ0v) is 20.1. The highest BCUT2D eigenvalue weighted by Gasteiger charge is 2.35. The number of methoxy groups -OCH3 is 1. The van der Waals surface area contributed by atoms with Crippen LogP contribution in [0.5, 0.6) is 5.75 Å². The minimum atomic E-state index is -0.580. The quantitative estimate of drug-likeness (QED) is 0.641. The third-order valence-corrected chi connectivity index (χ3v) is 5.43. The maximum atomic E-state index is 13.1. The Hall–Kier alpha value is -2.79. The number of benzene rings is 1. The van der Waals surface area contributed by atoms with Gasteiger partial charge in [0, 0.05) is 38.3 Å². The Labute approximate surface area is 191 Å². The first-order chi connectivity index (χ1) is 15.1. The van der Waals surface area contributed by atoms with Crippen molar-refractivity contribution in [1.82, 2.24) is 14.7 Å². The molecule has 32 heavy (non-hydrogen) atoms. The molecule has 0 bridgehead atoms. The van der Waals surface area contributed by atoms with E-state index in [4.69, 9.17) is 14.7 Å². The largest absolute Gasteiger partial charge is 0.496 e. The smallest absolute Gasteiger partial charge is 0.410 e. The Bertz CT molecular complexity index is 830. The molecule has 0 radical (unpaired) electrons. The van der Waals surface area contributed by atoms with Gasteiger partial charge in [-0.1, -0.05) is 18.2 Å². The molecule has 1 saturated heterocycles. The molecule has 176 valence electrons. The van der Waals surface area contributed by atoms with Crippen LogP contribution in [0.15, 0.2) is 24.3 Å². The van der Waals surface area contributed by atoms with Crippen LogP contribution in [0, 0.1) is 17.2 Å². The minimum absolute atomic E-state index is 0.0276. The molecular formula is C24H36N4O4. The van der Waals surface area contributed by atoms with Crippen LogP contribution in [-0.4, -0.2) is 78.7 Å². The Morgan fingerprint density at radius 3 is 2.56 bits per heavy atom. The monoisotopic (exact) mass is 444 g/mol. The first-order valence-corrected chi connectivity index (χ1v) is 11.1. The molecular weight excluding hydrogens is 408 g/mol. The average molecular weight is 445 g/mol. The third-order valence-electron chi connectivity index (χ3n) is 5.43. The molecule has 1 fully saturated rings. The van der Waals surface area contributed by atoms with Gasteiger partial charge >= 0.3 is 6.09 Å². The second-order valence-electron chi connectivity index (χ2n) is 9.12. The summed E-state index contributed by atoms with van der Waals surface area (Å²) in [6.45, 7) is 11.8. The van der Waals surface area contributed by atoms with Gasteiger partial charge in [-0.05, 0) is 40.7 Å². The van der Waals surface area contributed by atoms with Crippen LogP contribution in [0.25, 0.3) is 0 Å². The molecule has 0 spiro atoms. The fourth-order valence-corrected chi connectivity index (χ4v) is 3.79. The van der Waals surface area contributed by atoms with Gasteiger partial charge in [-0.3, -0.25) is 9.69 Å². The third kappa shape index (κ3) is 6.86. The number of carbonyl (C=O) groups is 2. The number of piperazine rings is 1. The van der Waals surface area contributed by atoms with Gasteiger partial charge in [0.2, 0.25) is 5.91 Å². The minimum Gasteiger partial charge on any atom is -0.496 e.